The zero-order chi connectivity index (χ0) is 11.9. The van der Waals surface area contributed by atoms with Crippen LogP contribution in [-0.2, 0) is 0 Å². The molecule has 0 bridgehead atoms. The Kier molecular flexibility index (Phi) is 2.50. The van der Waals surface area contributed by atoms with Gasteiger partial charge in [-0.25, -0.2) is 9.37 Å². The van der Waals surface area contributed by atoms with Gasteiger partial charge in [0.2, 0.25) is 0 Å². The summed E-state index contributed by atoms with van der Waals surface area (Å²) in [4.78, 5) is 15.3. The highest BCUT2D eigenvalue weighted by Gasteiger charge is 2.12. The molecule has 0 fully saturated rings. The van der Waals surface area contributed by atoms with E-state index < -0.39 is 5.82 Å². The maximum absolute atomic E-state index is 13.7. The fourth-order valence-corrected chi connectivity index (χ4v) is 1.71. The van der Waals surface area contributed by atoms with E-state index in [-0.39, 0.29) is 11.8 Å². The molecule has 3 nitrogen and oxygen atoms in total. The lowest BCUT2D eigenvalue weighted by molar-refractivity contribution is 0.101. The van der Waals surface area contributed by atoms with Crippen molar-refractivity contribution in [2.24, 2.45) is 0 Å². The van der Waals surface area contributed by atoms with Crippen molar-refractivity contribution in [2.75, 3.05) is 0 Å². The molecule has 1 aromatic heterocycles. The fraction of sp³-hybridized carbons (Fsp3) is 0.333. The van der Waals surface area contributed by atoms with Crippen LogP contribution in [0.4, 0.5) is 4.39 Å². The summed E-state index contributed by atoms with van der Waals surface area (Å²) in [5, 5.41) is 0. The van der Waals surface area contributed by atoms with Gasteiger partial charge in [-0.05, 0) is 32.9 Å². The minimum absolute atomic E-state index is 0.141. The molecule has 0 saturated carbocycles. The highest BCUT2D eigenvalue weighted by Crippen LogP contribution is 2.22. The Morgan fingerprint density at radius 2 is 2.12 bits per heavy atom. The number of carbonyl (C=O) groups excluding carboxylic acids is 1. The number of imidazole rings is 1. The van der Waals surface area contributed by atoms with Crippen molar-refractivity contribution in [2.45, 2.75) is 26.8 Å². The monoisotopic (exact) mass is 220 g/mol. The summed E-state index contributed by atoms with van der Waals surface area (Å²) in [6.07, 6.45) is 1.60. The standard InChI is InChI=1S/C12H13FN2O/c1-7(2)15-6-14-12-10(13)4-9(8(3)16)5-11(12)15/h4-7H,1-3H3. The third kappa shape index (κ3) is 1.60. The van der Waals surface area contributed by atoms with E-state index in [0.29, 0.717) is 16.6 Å². The van der Waals surface area contributed by atoms with Gasteiger partial charge in [0.15, 0.2) is 11.6 Å². The van der Waals surface area contributed by atoms with Crippen molar-refractivity contribution in [1.29, 1.82) is 0 Å². The molecule has 2 aromatic rings. The number of halogens is 1. The maximum atomic E-state index is 13.7. The lowest BCUT2D eigenvalue weighted by Gasteiger charge is -2.08. The minimum atomic E-state index is -0.443. The Morgan fingerprint density at radius 1 is 1.44 bits per heavy atom. The van der Waals surface area contributed by atoms with Crippen LogP contribution >= 0.6 is 0 Å². The molecule has 0 amide bonds. The summed E-state index contributed by atoms with van der Waals surface area (Å²) < 4.78 is 15.5. The predicted octanol–water partition coefficient (Wildman–Crippen LogP) is 2.96. The van der Waals surface area contributed by atoms with Crippen LogP contribution < -0.4 is 0 Å². The van der Waals surface area contributed by atoms with Gasteiger partial charge in [-0.15, -0.1) is 0 Å². The van der Waals surface area contributed by atoms with Crippen molar-refractivity contribution in [3.63, 3.8) is 0 Å². The van der Waals surface area contributed by atoms with Gasteiger partial charge in [0.05, 0.1) is 11.8 Å². The lowest BCUT2D eigenvalue weighted by Crippen LogP contribution is -2.00. The van der Waals surface area contributed by atoms with Crippen LogP contribution in [0.5, 0.6) is 0 Å². The number of ketones is 1. The Hall–Kier alpha value is -1.71. The van der Waals surface area contributed by atoms with E-state index in [0.717, 1.165) is 0 Å². The first-order chi connectivity index (χ1) is 7.50. The molecule has 84 valence electrons. The van der Waals surface area contributed by atoms with Crippen LogP contribution in [0.1, 0.15) is 37.2 Å². The molecule has 0 atom stereocenters. The van der Waals surface area contributed by atoms with E-state index in [4.69, 9.17) is 0 Å². The van der Waals surface area contributed by atoms with Crippen LogP contribution in [0.25, 0.3) is 11.0 Å². The normalized spacial score (nSPS) is 11.3. The number of rotatable bonds is 2. The molecule has 0 aliphatic rings. The van der Waals surface area contributed by atoms with E-state index in [9.17, 15) is 9.18 Å². The highest BCUT2D eigenvalue weighted by molar-refractivity contribution is 5.97. The van der Waals surface area contributed by atoms with Gasteiger partial charge in [-0.2, -0.15) is 0 Å². The van der Waals surface area contributed by atoms with Crippen LogP contribution in [-0.4, -0.2) is 15.3 Å². The van der Waals surface area contributed by atoms with Gasteiger partial charge in [0.25, 0.3) is 0 Å². The number of aromatic nitrogens is 2. The quantitative estimate of drug-likeness (QED) is 0.729. The second-order valence-corrected chi connectivity index (χ2v) is 4.13. The first-order valence-electron chi connectivity index (χ1n) is 5.17. The smallest absolute Gasteiger partial charge is 0.159 e. The molecule has 0 spiro atoms. The summed E-state index contributed by atoms with van der Waals surface area (Å²) in [6, 6.07) is 3.11. The minimum Gasteiger partial charge on any atom is -0.328 e. The molecule has 0 unspecified atom stereocenters. The zero-order valence-corrected chi connectivity index (χ0v) is 9.49. The molecule has 0 N–H and O–H groups in total. The second-order valence-electron chi connectivity index (χ2n) is 4.13. The summed E-state index contributed by atoms with van der Waals surface area (Å²) >= 11 is 0. The number of benzene rings is 1. The molecular formula is C12H13FN2O. The van der Waals surface area contributed by atoms with E-state index in [1.165, 1.54) is 13.0 Å². The van der Waals surface area contributed by atoms with Crippen molar-refractivity contribution in [3.8, 4) is 0 Å². The number of nitrogens with zero attached hydrogens (tertiary/aromatic N) is 2. The molecule has 1 aromatic carbocycles. The van der Waals surface area contributed by atoms with E-state index in [1.807, 2.05) is 18.4 Å². The topological polar surface area (TPSA) is 34.9 Å². The zero-order valence-electron chi connectivity index (χ0n) is 9.49. The fourth-order valence-electron chi connectivity index (χ4n) is 1.71. The number of fused-ring (bicyclic) bond motifs is 1. The molecule has 4 heteroatoms. The Balaban J connectivity index is 2.76. The Bertz CT molecular complexity index is 557. The van der Waals surface area contributed by atoms with Gasteiger partial charge >= 0.3 is 0 Å². The second kappa shape index (κ2) is 3.70. The SMILES string of the molecule is CC(=O)c1cc(F)c2ncn(C(C)C)c2c1. The molecule has 1 heterocycles. The van der Waals surface area contributed by atoms with Gasteiger partial charge in [-0.3, -0.25) is 4.79 Å². The maximum Gasteiger partial charge on any atom is 0.159 e. The summed E-state index contributed by atoms with van der Waals surface area (Å²) in [7, 11) is 0. The summed E-state index contributed by atoms with van der Waals surface area (Å²) in [6.45, 7) is 5.40. The van der Waals surface area contributed by atoms with Crippen molar-refractivity contribution >= 4 is 16.8 Å². The first kappa shape index (κ1) is 10.8. The van der Waals surface area contributed by atoms with Crippen molar-refractivity contribution in [1.82, 2.24) is 9.55 Å². The van der Waals surface area contributed by atoms with Crippen molar-refractivity contribution in [3.05, 3.63) is 29.8 Å². The predicted molar refractivity (Wildman–Crippen MR) is 60.1 cm³/mol. The molecule has 2 rings (SSSR count). The molecule has 0 aliphatic carbocycles. The summed E-state index contributed by atoms with van der Waals surface area (Å²) in [5.74, 6) is -0.584. The van der Waals surface area contributed by atoms with Crippen molar-refractivity contribution < 1.29 is 9.18 Å². The average molecular weight is 220 g/mol. The van der Waals surface area contributed by atoms with Gasteiger partial charge < -0.3 is 4.57 Å². The van der Waals surface area contributed by atoms with E-state index in [1.54, 1.807) is 12.4 Å². The van der Waals surface area contributed by atoms with E-state index >= 15 is 0 Å². The third-order valence-electron chi connectivity index (χ3n) is 2.60. The number of Topliss-reactive ketones (excluding diaryl/α,β-unsaturated/α-hetero) is 1. The van der Waals surface area contributed by atoms with Gasteiger partial charge in [-0.1, -0.05) is 0 Å². The lowest BCUT2D eigenvalue weighted by atomic mass is 10.1. The third-order valence-corrected chi connectivity index (χ3v) is 2.60. The Morgan fingerprint density at radius 3 is 2.69 bits per heavy atom. The molecule has 0 radical (unpaired) electrons. The first-order valence-corrected chi connectivity index (χ1v) is 5.17. The van der Waals surface area contributed by atoms with Crippen LogP contribution in [0.2, 0.25) is 0 Å². The summed E-state index contributed by atoms with van der Waals surface area (Å²) in [5.41, 5.74) is 1.37. The molecule has 16 heavy (non-hydrogen) atoms. The molecular weight excluding hydrogens is 207 g/mol. The van der Waals surface area contributed by atoms with Crippen LogP contribution in [0, 0.1) is 5.82 Å². The number of hydrogen-bond acceptors (Lipinski definition) is 2. The average Bonchev–Trinajstić information content (AvgIpc) is 2.61. The molecule has 0 aliphatic heterocycles. The molecule has 0 saturated heterocycles. The number of carbonyl (C=O) groups is 1. The van der Waals surface area contributed by atoms with Crippen LogP contribution in [0.15, 0.2) is 18.5 Å². The van der Waals surface area contributed by atoms with Gasteiger partial charge in [0.1, 0.15) is 5.52 Å². The van der Waals surface area contributed by atoms with Crippen LogP contribution in [0.3, 0.4) is 0 Å². The largest absolute Gasteiger partial charge is 0.328 e. The Labute approximate surface area is 92.9 Å². The highest BCUT2D eigenvalue weighted by atomic mass is 19.1. The number of hydrogen-bond donors (Lipinski definition) is 0. The van der Waals surface area contributed by atoms with Gasteiger partial charge in [0, 0.05) is 11.6 Å². The van der Waals surface area contributed by atoms with E-state index in [2.05, 4.69) is 4.98 Å².